The van der Waals surface area contributed by atoms with Gasteiger partial charge in [0, 0.05) is 20.6 Å². The Bertz CT molecular complexity index is 447. The molecule has 0 radical (unpaired) electrons. The highest BCUT2D eigenvalue weighted by atomic mass is 16.5. The van der Waals surface area contributed by atoms with Crippen molar-refractivity contribution in [3.05, 3.63) is 29.3 Å². The second-order valence-electron chi connectivity index (χ2n) is 5.15. The van der Waals surface area contributed by atoms with Crippen LogP contribution < -0.4 is 10.1 Å². The third kappa shape index (κ3) is 5.59. The summed E-state index contributed by atoms with van der Waals surface area (Å²) in [6, 6.07) is 5.92. The van der Waals surface area contributed by atoms with Gasteiger partial charge in [-0.2, -0.15) is 0 Å². The summed E-state index contributed by atoms with van der Waals surface area (Å²) in [6.07, 6.45) is -0.648. The number of nitrogens with one attached hydrogen (secondary N) is 1. The van der Waals surface area contributed by atoms with Crippen LogP contribution in [0.15, 0.2) is 18.2 Å². The Hall–Kier alpha value is -1.59. The number of aliphatic hydroxyl groups excluding tert-OH is 1. The van der Waals surface area contributed by atoms with E-state index in [2.05, 4.69) is 5.32 Å². The van der Waals surface area contributed by atoms with Crippen LogP contribution in [-0.4, -0.2) is 55.8 Å². The second kappa shape index (κ2) is 7.87. The Morgan fingerprint density at radius 3 is 2.70 bits per heavy atom. The fourth-order valence-corrected chi connectivity index (χ4v) is 1.71. The first-order valence-corrected chi connectivity index (χ1v) is 6.69. The van der Waals surface area contributed by atoms with Crippen molar-refractivity contribution < 1.29 is 14.6 Å². The minimum Gasteiger partial charge on any atom is -0.491 e. The fraction of sp³-hybridized carbons (Fsp3) is 0.533. The third-order valence-electron chi connectivity index (χ3n) is 2.92. The van der Waals surface area contributed by atoms with Gasteiger partial charge >= 0.3 is 0 Å². The lowest BCUT2D eigenvalue weighted by atomic mass is 10.1. The number of carbonyl (C=O) groups excluding carboxylic acids is 1. The van der Waals surface area contributed by atoms with E-state index in [1.54, 1.807) is 14.1 Å². The van der Waals surface area contributed by atoms with Crippen LogP contribution in [0.2, 0.25) is 0 Å². The maximum atomic E-state index is 11.3. The highest BCUT2D eigenvalue weighted by molar-refractivity contribution is 5.77. The predicted octanol–water partition coefficient (Wildman–Crippen LogP) is 0.721. The molecule has 0 bridgehead atoms. The molecule has 0 aliphatic rings. The molecule has 1 rings (SSSR count). The van der Waals surface area contributed by atoms with Crippen molar-refractivity contribution >= 4 is 5.91 Å². The van der Waals surface area contributed by atoms with Crippen molar-refractivity contribution in [2.75, 3.05) is 33.8 Å². The molecule has 0 fully saturated rings. The fourth-order valence-electron chi connectivity index (χ4n) is 1.71. The van der Waals surface area contributed by atoms with Crippen LogP contribution >= 0.6 is 0 Å². The standard InChI is InChI=1S/C15H24N2O3/c1-11-5-6-14(12(2)7-11)20-10-13(18)8-16-9-15(19)17(3)4/h5-7,13,16,18H,8-10H2,1-4H3. The van der Waals surface area contributed by atoms with Gasteiger partial charge in [0.25, 0.3) is 0 Å². The number of hydrogen-bond donors (Lipinski definition) is 2. The molecule has 1 aromatic carbocycles. The van der Waals surface area contributed by atoms with E-state index in [-0.39, 0.29) is 19.1 Å². The average Bonchev–Trinajstić information content (AvgIpc) is 2.37. The van der Waals surface area contributed by atoms with Crippen molar-refractivity contribution in [3.8, 4) is 5.75 Å². The Kier molecular flexibility index (Phi) is 6.48. The summed E-state index contributed by atoms with van der Waals surface area (Å²) >= 11 is 0. The van der Waals surface area contributed by atoms with Crippen LogP contribution in [0.1, 0.15) is 11.1 Å². The van der Waals surface area contributed by atoms with Gasteiger partial charge in [0.2, 0.25) is 5.91 Å². The molecule has 0 spiro atoms. The summed E-state index contributed by atoms with van der Waals surface area (Å²) in [4.78, 5) is 12.8. The summed E-state index contributed by atoms with van der Waals surface area (Å²) in [5.74, 6) is 0.756. The van der Waals surface area contributed by atoms with Gasteiger partial charge in [0.05, 0.1) is 6.54 Å². The van der Waals surface area contributed by atoms with Gasteiger partial charge in [-0.15, -0.1) is 0 Å². The number of carbonyl (C=O) groups is 1. The van der Waals surface area contributed by atoms with Crippen molar-refractivity contribution in [3.63, 3.8) is 0 Å². The van der Waals surface area contributed by atoms with E-state index in [0.29, 0.717) is 6.54 Å². The van der Waals surface area contributed by atoms with Gasteiger partial charge < -0.3 is 20.1 Å². The Labute approximate surface area is 120 Å². The van der Waals surface area contributed by atoms with Crippen LogP contribution in [0.4, 0.5) is 0 Å². The summed E-state index contributed by atoms with van der Waals surface area (Å²) in [5.41, 5.74) is 2.23. The maximum absolute atomic E-state index is 11.3. The predicted molar refractivity (Wildman–Crippen MR) is 79.0 cm³/mol. The lowest BCUT2D eigenvalue weighted by Crippen LogP contribution is -2.38. The SMILES string of the molecule is Cc1ccc(OCC(O)CNCC(=O)N(C)C)c(C)c1. The molecule has 0 aromatic heterocycles. The third-order valence-corrected chi connectivity index (χ3v) is 2.92. The molecule has 20 heavy (non-hydrogen) atoms. The van der Waals surface area contributed by atoms with Gasteiger partial charge in [0.1, 0.15) is 18.5 Å². The molecule has 0 aliphatic heterocycles. The molecule has 0 heterocycles. The molecular formula is C15H24N2O3. The molecule has 5 heteroatoms. The van der Waals surface area contributed by atoms with Crippen LogP contribution in [0.3, 0.4) is 0 Å². The smallest absolute Gasteiger partial charge is 0.236 e. The number of likely N-dealkylation sites (N-methyl/N-ethyl adjacent to an activating group) is 1. The van der Waals surface area contributed by atoms with Crippen molar-refractivity contribution in [2.45, 2.75) is 20.0 Å². The van der Waals surface area contributed by atoms with E-state index >= 15 is 0 Å². The normalized spacial score (nSPS) is 12.1. The van der Waals surface area contributed by atoms with E-state index in [4.69, 9.17) is 4.74 Å². The molecular weight excluding hydrogens is 256 g/mol. The Morgan fingerprint density at radius 1 is 1.40 bits per heavy atom. The lowest BCUT2D eigenvalue weighted by molar-refractivity contribution is -0.127. The molecule has 1 atom stereocenters. The van der Waals surface area contributed by atoms with Gasteiger partial charge in [-0.25, -0.2) is 0 Å². The van der Waals surface area contributed by atoms with Crippen molar-refractivity contribution in [1.82, 2.24) is 10.2 Å². The first-order chi connectivity index (χ1) is 9.40. The van der Waals surface area contributed by atoms with Gasteiger partial charge in [0.15, 0.2) is 0 Å². The highest BCUT2D eigenvalue weighted by Gasteiger charge is 2.08. The number of rotatable bonds is 7. The molecule has 1 aromatic rings. The highest BCUT2D eigenvalue weighted by Crippen LogP contribution is 2.18. The van der Waals surface area contributed by atoms with Crippen molar-refractivity contribution in [2.24, 2.45) is 0 Å². The molecule has 0 saturated heterocycles. The monoisotopic (exact) mass is 280 g/mol. The number of aryl methyl sites for hydroxylation is 2. The van der Waals surface area contributed by atoms with Crippen molar-refractivity contribution in [1.29, 1.82) is 0 Å². The number of hydrogen-bond acceptors (Lipinski definition) is 4. The first-order valence-electron chi connectivity index (χ1n) is 6.69. The van der Waals surface area contributed by atoms with E-state index in [1.807, 2.05) is 32.0 Å². The van der Waals surface area contributed by atoms with Crippen LogP contribution in [0, 0.1) is 13.8 Å². The number of aliphatic hydroxyl groups is 1. The zero-order valence-electron chi connectivity index (χ0n) is 12.6. The summed E-state index contributed by atoms with van der Waals surface area (Å²) in [7, 11) is 3.40. The minimum atomic E-state index is -0.648. The average molecular weight is 280 g/mol. The van der Waals surface area contributed by atoms with Crippen LogP contribution in [0.25, 0.3) is 0 Å². The van der Waals surface area contributed by atoms with Gasteiger partial charge in [-0.1, -0.05) is 17.7 Å². The second-order valence-corrected chi connectivity index (χ2v) is 5.15. The molecule has 112 valence electrons. The topological polar surface area (TPSA) is 61.8 Å². The van der Waals surface area contributed by atoms with E-state index in [9.17, 15) is 9.90 Å². The van der Waals surface area contributed by atoms with E-state index < -0.39 is 6.10 Å². The Morgan fingerprint density at radius 2 is 2.10 bits per heavy atom. The van der Waals surface area contributed by atoms with Crippen LogP contribution in [0.5, 0.6) is 5.75 Å². The molecule has 0 aliphatic carbocycles. The summed E-state index contributed by atoms with van der Waals surface area (Å²) in [5, 5.41) is 12.7. The number of amides is 1. The molecule has 5 nitrogen and oxygen atoms in total. The number of ether oxygens (including phenoxy) is 1. The first kappa shape index (κ1) is 16.5. The quantitative estimate of drug-likeness (QED) is 0.772. The zero-order valence-corrected chi connectivity index (χ0v) is 12.6. The zero-order chi connectivity index (χ0) is 15.1. The molecule has 2 N–H and O–H groups in total. The van der Waals surface area contributed by atoms with Gasteiger partial charge in [-0.05, 0) is 25.5 Å². The number of nitrogens with zero attached hydrogens (tertiary/aromatic N) is 1. The summed E-state index contributed by atoms with van der Waals surface area (Å²) < 4.78 is 5.57. The largest absolute Gasteiger partial charge is 0.491 e. The van der Waals surface area contributed by atoms with Crippen LogP contribution in [-0.2, 0) is 4.79 Å². The lowest BCUT2D eigenvalue weighted by Gasteiger charge is -2.16. The maximum Gasteiger partial charge on any atom is 0.236 e. The molecule has 0 saturated carbocycles. The molecule has 1 amide bonds. The minimum absolute atomic E-state index is 0.0208. The van der Waals surface area contributed by atoms with E-state index in [0.717, 1.165) is 11.3 Å². The summed E-state index contributed by atoms with van der Waals surface area (Å²) in [6.45, 7) is 4.74. The Balaban J connectivity index is 2.29. The van der Waals surface area contributed by atoms with Gasteiger partial charge in [-0.3, -0.25) is 4.79 Å². The molecule has 1 unspecified atom stereocenters. The van der Waals surface area contributed by atoms with E-state index in [1.165, 1.54) is 10.5 Å². The number of benzene rings is 1.